The Morgan fingerprint density at radius 2 is 1.59 bits per heavy atom. The molecule has 1 N–H and O–H groups in total. The Bertz CT molecular complexity index is 965. The van der Waals surface area contributed by atoms with Crippen LogP contribution in [0, 0.1) is 0 Å². The lowest BCUT2D eigenvalue weighted by Gasteiger charge is -2.20. The number of anilines is 2. The lowest BCUT2D eigenvalue weighted by atomic mass is 10.2. The molecule has 1 saturated heterocycles. The molecular formula is C22H27N3O3S. The predicted octanol–water partition coefficient (Wildman–Crippen LogP) is 3.25. The molecule has 0 bridgehead atoms. The fraction of sp³-hybridized carbons (Fsp3) is 0.409. The molecule has 0 unspecified atom stereocenters. The summed E-state index contributed by atoms with van der Waals surface area (Å²) < 4.78 is 27.3. The van der Waals surface area contributed by atoms with Gasteiger partial charge in [-0.25, -0.2) is 8.42 Å². The molecule has 1 fully saturated rings. The molecule has 29 heavy (non-hydrogen) atoms. The van der Waals surface area contributed by atoms with Crippen molar-refractivity contribution in [3.05, 3.63) is 54.1 Å². The van der Waals surface area contributed by atoms with Crippen molar-refractivity contribution in [2.24, 2.45) is 0 Å². The average Bonchev–Trinajstić information content (AvgIpc) is 2.97. The number of hydrogen-bond acceptors (Lipinski definition) is 4. The second-order valence-electron chi connectivity index (χ2n) is 7.62. The zero-order valence-electron chi connectivity index (χ0n) is 16.5. The normalized spacial score (nSPS) is 17.6. The van der Waals surface area contributed by atoms with Crippen LogP contribution in [0.2, 0.25) is 0 Å². The Hall–Kier alpha value is -2.38. The third-order valence-corrected chi connectivity index (χ3v) is 7.60. The second-order valence-corrected chi connectivity index (χ2v) is 9.56. The van der Waals surface area contributed by atoms with E-state index in [1.807, 2.05) is 18.2 Å². The van der Waals surface area contributed by atoms with E-state index in [1.54, 1.807) is 33.5 Å². The van der Waals surface area contributed by atoms with Crippen LogP contribution in [-0.2, 0) is 21.2 Å². The minimum absolute atomic E-state index is 0.0104. The minimum Gasteiger partial charge on any atom is -0.376 e. The first-order chi connectivity index (χ1) is 14.1. The van der Waals surface area contributed by atoms with Gasteiger partial charge in [-0.2, -0.15) is 4.31 Å². The van der Waals surface area contributed by atoms with Gasteiger partial charge in [0.25, 0.3) is 0 Å². The zero-order chi connectivity index (χ0) is 20.3. The number of benzene rings is 2. The van der Waals surface area contributed by atoms with Crippen molar-refractivity contribution >= 4 is 27.3 Å². The van der Waals surface area contributed by atoms with E-state index in [-0.39, 0.29) is 12.5 Å². The highest BCUT2D eigenvalue weighted by molar-refractivity contribution is 7.89. The van der Waals surface area contributed by atoms with Crippen LogP contribution in [0.5, 0.6) is 0 Å². The Morgan fingerprint density at radius 1 is 0.897 bits per heavy atom. The Morgan fingerprint density at radius 3 is 2.31 bits per heavy atom. The lowest BCUT2D eigenvalue weighted by Crippen LogP contribution is -2.34. The highest BCUT2D eigenvalue weighted by Crippen LogP contribution is 2.27. The molecule has 154 valence electrons. The number of rotatable bonds is 5. The van der Waals surface area contributed by atoms with Crippen molar-refractivity contribution in [3.63, 3.8) is 0 Å². The number of carbonyl (C=O) groups excluding carboxylic acids is 1. The molecular weight excluding hydrogens is 386 g/mol. The van der Waals surface area contributed by atoms with Crippen LogP contribution in [0.3, 0.4) is 0 Å². The highest BCUT2D eigenvalue weighted by atomic mass is 32.2. The van der Waals surface area contributed by atoms with Crippen LogP contribution in [0.25, 0.3) is 0 Å². The smallest absolute Gasteiger partial charge is 0.246 e. The fourth-order valence-electron chi connectivity index (χ4n) is 4.05. The topological polar surface area (TPSA) is 69.7 Å². The molecule has 6 nitrogen and oxygen atoms in total. The third-order valence-electron chi connectivity index (χ3n) is 5.69. The van der Waals surface area contributed by atoms with Crippen LogP contribution < -0.4 is 10.2 Å². The van der Waals surface area contributed by atoms with Gasteiger partial charge in [-0.05, 0) is 55.2 Å². The molecule has 7 heteroatoms. The molecule has 0 atom stereocenters. The number of sulfonamides is 1. The third kappa shape index (κ3) is 4.31. The first-order valence-corrected chi connectivity index (χ1v) is 11.7. The van der Waals surface area contributed by atoms with Gasteiger partial charge in [0.1, 0.15) is 0 Å². The molecule has 0 spiro atoms. The molecule has 0 radical (unpaired) electrons. The van der Waals surface area contributed by atoms with E-state index in [2.05, 4.69) is 11.4 Å². The van der Waals surface area contributed by atoms with Gasteiger partial charge >= 0.3 is 0 Å². The number of nitrogens with one attached hydrogen (secondary N) is 1. The van der Waals surface area contributed by atoms with Gasteiger partial charge in [-0.15, -0.1) is 0 Å². The Kier molecular flexibility index (Phi) is 5.87. The summed E-state index contributed by atoms with van der Waals surface area (Å²) in [4.78, 5) is 14.7. The van der Waals surface area contributed by atoms with Gasteiger partial charge in [0.15, 0.2) is 0 Å². The maximum absolute atomic E-state index is 12.9. The molecule has 2 aliphatic rings. The van der Waals surface area contributed by atoms with Gasteiger partial charge in [-0.1, -0.05) is 31.0 Å². The number of hydrogen-bond donors (Lipinski definition) is 1. The van der Waals surface area contributed by atoms with Gasteiger partial charge in [0, 0.05) is 31.0 Å². The summed E-state index contributed by atoms with van der Waals surface area (Å²) in [6.45, 7) is 2.06. The fourth-order valence-corrected chi connectivity index (χ4v) is 5.56. The summed E-state index contributed by atoms with van der Waals surface area (Å²) in [7, 11) is -3.45. The number of amides is 1. The van der Waals surface area contributed by atoms with Crippen LogP contribution in [0.1, 0.15) is 31.2 Å². The highest BCUT2D eigenvalue weighted by Gasteiger charge is 2.25. The van der Waals surface area contributed by atoms with Gasteiger partial charge in [0.2, 0.25) is 15.9 Å². The molecule has 4 rings (SSSR count). The van der Waals surface area contributed by atoms with E-state index in [1.165, 1.54) is 5.56 Å². The van der Waals surface area contributed by atoms with E-state index >= 15 is 0 Å². The summed E-state index contributed by atoms with van der Waals surface area (Å²) in [6, 6.07) is 14.7. The standard InChI is InChI=1S/C22H27N3O3S/c26-22(25-16-13-18-7-3-4-8-21(18)25)17-23-19-9-11-20(12-10-19)29(27,28)24-14-5-1-2-6-15-24/h3-4,7-12,23H,1-2,5-6,13-17H2. The van der Waals surface area contributed by atoms with Crippen LogP contribution in [0.15, 0.2) is 53.4 Å². The second kappa shape index (κ2) is 8.55. The number of nitrogens with zero attached hydrogens (tertiary/aromatic N) is 2. The van der Waals surface area contributed by atoms with Gasteiger partial charge < -0.3 is 10.2 Å². The number of para-hydroxylation sites is 1. The maximum Gasteiger partial charge on any atom is 0.246 e. The van der Waals surface area contributed by atoms with Crippen molar-refractivity contribution < 1.29 is 13.2 Å². The van der Waals surface area contributed by atoms with Crippen molar-refractivity contribution in [1.82, 2.24) is 4.31 Å². The van der Waals surface area contributed by atoms with Crippen LogP contribution in [-0.4, -0.2) is 44.8 Å². The summed E-state index contributed by atoms with van der Waals surface area (Å²) in [5, 5.41) is 3.12. The molecule has 2 aliphatic heterocycles. The molecule has 0 saturated carbocycles. The maximum atomic E-state index is 12.9. The first kappa shape index (κ1) is 19.9. The van der Waals surface area contributed by atoms with Crippen molar-refractivity contribution in [1.29, 1.82) is 0 Å². The van der Waals surface area contributed by atoms with Gasteiger partial charge in [0.05, 0.1) is 11.4 Å². The van der Waals surface area contributed by atoms with E-state index < -0.39 is 10.0 Å². The lowest BCUT2D eigenvalue weighted by molar-refractivity contribution is -0.116. The SMILES string of the molecule is O=C(CNc1ccc(S(=O)(=O)N2CCCCCC2)cc1)N1CCc2ccccc21. The predicted molar refractivity (Wildman–Crippen MR) is 115 cm³/mol. The molecule has 2 heterocycles. The van der Waals surface area contributed by atoms with Gasteiger partial charge in [-0.3, -0.25) is 4.79 Å². The average molecular weight is 414 g/mol. The first-order valence-electron chi connectivity index (χ1n) is 10.3. The zero-order valence-corrected chi connectivity index (χ0v) is 17.3. The number of carbonyl (C=O) groups is 1. The molecule has 0 aliphatic carbocycles. The largest absolute Gasteiger partial charge is 0.376 e. The van der Waals surface area contributed by atoms with E-state index in [0.717, 1.165) is 43.5 Å². The molecule has 1 amide bonds. The summed E-state index contributed by atoms with van der Waals surface area (Å²) in [5.41, 5.74) is 2.92. The summed E-state index contributed by atoms with van der Waals surface area (Å²) in [6.07, 6.45) is 4.89. The van der Waals surface area contributed by atoms with Crippen molar-refractivity contribution in [3.8, 4) is 0 Å². The van der Waals surface area contributed by atoms with Crippen LogP contribution in [0.4, 0.5) is 11.4 Å². The van der Waals surface area contributed by atoms with Crippen molar-refractivity contribution in [2.45, 2.75) is 37.0 Å². The monoisotopic (exact) mass is 413 g/mol. The molecule has 2 aromatic rings. The van der Waals surface area contributed by atoms with E-state index in [4.69, 9.17) is 0 Å². The van der Waals surface area contributed by atoms with Crippen LogP contribution >= 0.6 is 0 Å². The molecule has 0 aromatic heterocycles. The Labute approximate surface area is 172 Å². The van der Waals surface area contributed by atoms with E-state index in [0.29, 0.717) is 24.5 Å². The van der Waals surface area contributed by atoms with E-state index in [9.17, 15) is 13.2 Å². The Balaban J connectivity index is 1.38. The van der Waals surface area contributed by atoms with Crippen molar-refractivity contribution in [2.75, 3.05) is 36.4 Å². The quantitative estimate of drug-likeness (QED) is 0.817. The summed E-state index contributed by atoms with van der Waals surface area (Å²) in [5.74, 6) is 0.0104. The minimum atomic E-state index is -3.45. The summed E-state index contributed by atoms with van der Waals surface area (Å²) >= 11 is 0. The molecule has 2 aromatic carbocycles. The number of fused-ring (bicyclic) bond motifs is 1.